The van der Waals surface area contributed by atoms with E-state index in [0.717, 1.165) is 47.8 Å². The van der Waals surface area contributed by atoms with Crippen LogP contribution in [0.15, 0.2) is 40.4 Å². The Bertz CT molecular complexity index is 961. The molecule has 0 spiro atoms. The molecule has 172 valence electrons. The van der Waals surface area contributed by atoms with Crippen molar-refractivity contribution in [2.75, 3.05) is 18.7 Å². The van der Waals surface area contributed by atoms with Crippen LogP contribution in [0.4, 0.5) is 5.69 Å². The summed E-state index contributed by atoms with van der Waals surface area (Å²) in [4.78, 5) is 21.2. The molecule has 7 atom stereocenters. The number of hydroxylamine groups is 1. The molecule has 3 aliphatic carbocycles. The maximum Gasteiger partial charge on any atom is 0.222 e. The quantitative estimate of drug-likeness (QED) is 0.447. The van der Waals surface area contributed by atoms with Gasteiger partial charge in [-0.15, -0.1) is 0 Å². The average Bonchev–Trinajstić information content (AvgIpc) is 3.09. The lowest BCUT2D eigenvalue weighted by Gasteiger charge is -2.61. The highest BCUT2D eigenvalue weighted by Gasteiger charge is 2.62. The van der Waals surface area contributed by atoms with Gasteiger partial charge in [0.1, 0.15) is 6.10 Å². The first kappa shape index (κ1) is 21.2. The highest BCUT2D eigenvalue weighted by molar-refractivity contribution is 9.10. The maximum atomic E-state index is 12.4. The smallest absolute Gasteiger partial charge is 0.222 e. The van der Waals surface area contributed by atoms with Gasteiger partial charge in [0, 0.05) is 24.0 Å². The van der Waals surface area contributed by atoms with E-state index in [0.29, 0.717) is 17.9 Å². The Morgan fingerprint density at radius 3 is 2.62 bits per heavy atom. The molecule has 2 heterocycles. The van der Waals surface area contributed by atoms with E-state index in [1.54, 1.807) is 5.57 Å². The van der Waals surface area contributed by atoms with Gasteiger partial charge >= 0.3 is 0 Å². The fraction of sp³-hybridized carbons (Fsp3) is 0.667. The number of carbonyl (C=O) groups is 1. The van der Waals surface area contributed by atoms with Crippen molar-refractivity contribution in [2.45, 2.75) is 70.9 Å². The van der Waals surface area contributed by atoms with Crippen LogP contribution in [0.1, 0.15) is 58.8 Å². The number of hydrogen-bond acceptors (Lipinski definition) is 3. The van der Waals surface area contributed by atoms with Gasteiger partial charge in [0.15, 0.2) is 0 Å². The molecule has 5 heteroatoms. The van der Waals surface area contributed by atoms with E-state index in [9.17, 15) is 4.79 Å². The minimum Gasteiger partial charge on any atom is -0.342 e. The minimum atomic E-state index is 0.210. The zero-order valence-electron chi connectivity index (χ0n) is 19.5. The van der Waals surface area contributed by atoms with Crippen molar-refractivity contribution in [1.82, 2.24) is 4.90 Å². The molecular weight excluding hydrogens is 464 g/mol. The van der Waals surface area contributed by atoms with Gasteiger partial charge in [-0.05, 0) is 96.9 Å². The van der Waals surface area contributed by atoms with Crippen LogP contribution in [-0.4, -0.2) is 36.5 Å². The topological polar surface area (TPSA) is 32.8 Å². The molecule has 0 radical (unpaired) electrons. The number of anilines is 1. The summed E-state index contributed by atoms with van der Waals surface area (Å²) in [5.41, 5.74) is 3.25. The van der Waals surface area contributed by atoms with Gasteiger partial charge in [0.25, 0.3) is 0 Å². The number of piperidine rings is 1. The van der Waals surface area contributed by atoms with Crippen LogP contribution >= 0.6 is 15.9 Å². The SMILES string of the molecule is CN1C(=O)CC[C@@]2(C)C1CC[C@@H]1[C@@H]2CC[C@]2(C)C3=CCN(c4ccc(Br)cc4)O[C@@H]3C[C@@H]12. The molecular formula is C27H35BrN2O2. The van der Waals surface area contributed by atoms with Crippen LogP contribution in [0.25, 0.3) is 0 Å². The lowest BCUT2D eigenvalue weighted by atomic mass is 9.47. The summed E-state index contributed by atoms with van der Waals surface area (Å²) in [6.07, 6.45) is 10.6. The summed E-state index contributed by atoms with van der Waals surface area (Å²) in [6, 6.07) is 8.87. The van der Waals surface area contributed by atoms with E-state index in [1.807, 2.05) is 0 Å². The molecule has 6 rings (SSSR count). The number of nitrogens with zero attached hydrogens (tertiary/aromatic N) is 2. The normalized spacial score (nSPS) is 43.2. The predicted octanol–water partition coefficient (Wildman–Crippen LogP) is 5.97. The second-order valence-corrected chi connectivity index (χ2v) is 12.4. The molecule has 32 heavy (non-hydrogen) atoms. The summed E-state index contributed by atoms with van der Waals surface area (Å²) in [6.45, 7) is 5.87. The van der Waals surface area contributed by atoms with Crippen LogP contribution in [0, 0.1) is 28.6 Å². The molecule has 1 aromatic rings. The van der Waals surface area contributed by atoms with Crippen molar-refractivity contribution >= 4 is 27.5 Å². The Labute approximate surface area is 200 Å². The number of carbonyl (C=O) groups excluding carboxylic acids is 1. The van der Waals surface area contributed by atoms with Crippen LogP contribution in [0.5, 0.6) is 0 Å². The van der Waals surface area contributed by atoms with Crippen molar-refractivity contribution in [2.24, 2.45) is 28.6 Å². The maximum absolute atomic E-state index is 12.4. The lowest BCUT2D eigenvalue weighted by Crippen LogP contribution is -2.61. The highest BCUT2D eigenvalue weighted by atomic mass is 79.9. The number of rotatable bonds is 1. The van der Waals surface area contributed by atoms with E-state index >= 15 is 0 Å². The first-order valence-corrected chi connectivity index (χ1v) is 13.3. The van der Waals surface area contributed by atoms with E-state index in [2.05, 4.69) is 77.1 Å². The zero-order chi connectivity index (χ0) is 22.3. The summed E-state index contributed by atoms with van der Waals surface area (Å²) >= 11 is 3.54. The van der Waals surface area contributed by atoms with Crippen molar-refractivity contribution < 1.29 is 9.63 Å². The van der Waals surface area contributed by atoms with Crippen molar-refractivity contribution in [3.05, 3.63) is 40.4 Å². The third-order valence-corrected chi connectivity index (χ3v) is 10.8. The summed E-state index contributed by atoms with van der Waals surface area (Å²) in [5.74, 6) is 2.54. The molecule has 1 unspecified atom stereocenters. The van der Waals surface area contributed by atoms with Gasteiger partial charge in [-0.3, -0.25) is 9.63 Å². The van der Waals surface area contributed by atoms with Crippen LogP contribution in [-0.2, 0) is 9.63 Å². The van der Waals surface area contributed by atoms with Crippen molar-refractivity contribution in [3.63, 3.8) is 0 Å². The van der Waals surface area contributed by atoms with Crippen molar-refractivity contribution in [1.29, 1.82) is 0 Å². The molecule has 3 saturated carbocycles. The Morgan fingerprint density at radius 2 is 1.84 bits per heavy atom. The average molecular weight is 499 g/mol. The van der Waals surface area contributed by atoms with Gasteiger partial charge in [-0.2, -0.15) is 0 Å². The summed E-state index contributed by atoms with van der Waals surface area (Å²) in [7, 11) is 2.05. The molecule has 1 amide bonds. The third-order valence-electron chi connectivity index (χ3n) is 10.3. The summed E-state index contributed by atoms with van der Waals surface area (Å²) in [5, 5.41) is 2.08. The Kier molecular flexibility index (Phi) is 4.86. The zero-order valence-corrected chi connectivity index (χ0v) is 21.1. The van der Waals surface area contributed by atoms with Crippen LogP contribution in [0.2, 0.25) is 0 Å². The number of fused-ring (bicyclic) bond motifs is 7. The number of likely N-dealkylation sites (tertiary alicyclic amines) is 1. The molecule has 0 aromatic heterocycles. The number of hydrogen-bond donors (Lipinski definition) is 0. The molecule has 2 aliphatic heterocycles. The predicted molar refractivity (Wildman–Crippen MR) is 130 cm³/mol. The third kappa shape index (κ3) is 2.92. The highest BCUT2D eigenvalue weighted by Crippen LogP contribution is 2.66. The van der Waals surface area contributed by atoms with Gasteiger partial charge in [0.05, 0.1) is 12.2 Å². The molecule has 0 bridgehead atoms. The molecule has 5 aliphatic rings. The fourth-order valence-electron chi connectivity index (χ4n) is 8.61. The van der Waals surface area contributed by atoms with E-state index in [-0.39, 0.29) is 16.9 Å². The van der Waals surface area contributed by atoms with Crippen LogP contribution < -0.4 is 5.06 Å². The number of halogens is 1. The monoisotopic (exact) mass is 498 g/mol. The summed E-state index contributed by atoms with van der Waals surface area (Å²) < 4.78 is 1.10. The number of benzene rings is 1. The molecule has 1 saturated heterocycles. The van der Waals surface area contributed by atoms with E-state index in [1.165, 1.54) is 25.7 Å². The Balaban J connectivity index is 1.26. The van der Waals surface area contributed by atoms with E-state index < -0.39 is 0 Å². The molecule has 0 N–H and O–H groups in total. The standard InChI is InChI=1S/C27H35BrN2O2/c1-26-13-10-20-19(8-9-24-27(20,2)14-11-25(31)29(24)3)22(26)16-23-21(26)12-15-30(32-23)18-6-4-17(28)5-7-18/h4-7,12,19-20,22-24H,8-11,13-16H2,1-3H3/t19-,20+,22+,23-,24?,26-,27-/m1/s1. The number of amides is 1. The van der Waals surface area contributed by atoms with Gasteiger partial charge in [0.2, 0.25) is 5.91 Å². The van der Waals surface area contributed by atoms with Gasteiger partial charge < -0.3 is 4.90 Å². The fourth-order valence-corrected chi connectivity index (χ4v) is 8.87. The minimum absolute atomic E-state index is 0.210. The molecule has 4 nitrogen and oxygen atoms in total. The molecule has 4 fully saturated rings. The van der Waals surface area contributed by atoms with E-state index in [4.69, 9.17) is 4.84 Å². The second-order valence-electron chi connectivity index (χ2n) is 11.5. The van der Waals surface area contributed by atoms with Crippen LogP contribution in [0.3, 0.4) is 0 Å². The first-order chi connectivity index (χ1) is 15.3. The van der Waals surface area contributed by atoms with Crippen molar-refractivity contribution in [3.8, 4) is 0 Å². The Hall–Kier alpha value is -1.33. The second kappa shape index (κ2) is 7.33. The molecule has 1 aromatic carbocycles. The van der Waals surface area contributed by atoms with Gasteiger partial charge in [-0.25, -0.2) is 5.06 Å². The Morgan fingerprint density at radius 1 is 1.06 bits per heavy atom. The first-order valence-electron chi connectivity index (χ1n) is 12.5. The lowest BCUT2D eigenvalue weighted by molar-refractivity contribution is -0.156. The van der Waals surface area contributed by atoms with Gasteiger partial charge in [-0.1, -0.05) is 35.9 Å². The largest absolute Gasteiger partial charge is 0.342 e.